The second-order valence-corrected chi connectivity index (χ2v) is 3.65. The predicted octanol–water partition coefficient (Wildman–Crippen LogP) is 0.869. The van der Waals surface area contributed by atoms with Crippen LogP contribution in [0.1, 0.15) is 16.3 Å². The van der Waals surface area contributed by atoms with E-state index in [0.717, 1.165) is 5.01 Å². The zero-order chi connectivity index (χ0) is 8.27. The first-order valence-electron chi connectivity index (χ1n) is 3.38. The standard InChI is InChI=1S/C7H10N2OS/c1-5-4-9-7(11-5)3-2-6(8)10/h4H,2-3H2,1H3,(H2,8,10). The van der Waals surface area contributed by atoms with Gasteiger partial charge in [-0.05, 0) is 6.92 Å². The highest BCUT2D eigenvalue weighted by molar-refractivity contribution is 7.11. The maximum absolute atomic E-state index is 10.4. The van der Waals surface area contributed by atoms with Crippen LogP contribution in [0.5, 0.6) is 0 Å². The summed E-state index contributed by atoms with van der Waals surface area (Å²) in [5.74, 6) is -0.266. The largest absolute Gasteiger partial charge is 0.370 e. The first kappa shape index (κ1) is 8.20. The number of hydrogen-bond donors (Lipinski definition) is 1. The van der Waals surface area contributed by atoms with E-state index in [1.54, 1.807) is 17.5 Å². The van der Waals surface area contributed by atoms with E-state index < -0.39 is 0 Å². The van der Waals surface area contributed by atoms with Gasteiger partial charge in [-0.3, -0.25) is 4.79 Å². The smallest absolute Gasteiger partial charge is 0.217 e. The maximum atomic E-state index is 10.4. The molecule has 2 N–H and O–H groups in total. The number of rotatable bonds is 3. The minimum Gasteiger partial charge on any atom is -0.370 e. The van der Waals surface area contributed by atoms with Gasteiger partial charge < -0.3 is 5.73 Å². The van der Waals surface area contributed by atoms with E-state index in [9.17, 15) is 4.79 Å². The van der Waals surface area contributed by atoms with Crippen molar-refractivity contribution < 1.29 is 4.79 Å². The van der Waals surface area contributed by atoms with Crippen molar-refractivity contribution in [2.24, 2.45) is 5.73 Å². The van der Waals surface area contributed by atoms with Crippen LogP contribution < -0.4 is 5.73 Å². The fourth-order valence-corrected chi connectivity index (χ4v) is 1.53. The minimum atomic E-state index is -0.266. The van der Waals surface area contributed by atoms with Crippen LogP contribution in [0.3, 0.4) is 0 Å². The van der Waals surface area contributed by atoms with Crippen LogP contribution in [0.15, 0.2) is 6.20 Å². The van der Waals surface area contributed by atoms with Crippen LogP contribution >= 0.6 is 11.3 Å². The normalized spacial score (nSPS) is 9.91. The molecule has 0 saturated heterocycles. The van der Waals surface area contributed by atoms with Gasteiger partial charge in [0.1, 0.15) is 0 Å². The highest BCUT2D eigenvalue weighted by Crippen LogP contribution is 2.12. The average Bonchev–Trinajstić information content (AvgIpc) is 2.31. The van der Waals surface area contributed by atoms with Crippen molar-refractivity contribution in [2.45, 2.75) is 19.8 Å². The topological polar surface area (TPSA) is 56.0 Å². The summed E-state index contributed by atoms with van der Waals surface area (Å²) in [6.45, 7) is 1.99. The van der Waals surface area contributed by atoms with Crippen LogP contribution in [0.25, 0.3) is 0 Å². The van der Waals surface area contributed by atoms with Crippen molar-refractivity contribution in [3.05, 3.63) is 16.1 Å². The first-order chi connectivity index (χ1) is 5.18. The Morgan fingerprint density at radius 2 is 2.55 bits per heavy atom. The summed E-state index contributed by atoms with van der Waals surface area (Å²) in [4.78, 5) is 15.6. The van der Waals surface area contributed by atoms with Gasteiger partial charge in [-0.25, -0.2) is 4.98 Å². The van der Waals surface area contributed by atoms with Crippen molar-refractivity contribution in [3.63, 3.8) is 0 Å². The third-order valence-electron chi connectivity index (χ3n) is 1.25. The molecule has 0 aliphatic rings. The highest BCUT2D eigenvalue weighted by Gasteiger charge is 2.00. The van der Waals surface area contributed by atoms with Crippen LogP contribution in [-0.2, 0) is 11.2 Å². The molecule has 11 heavy (non-hydrogen) atoms. The van der Waals surface area contributed by atoms with Crippen LogP contribution in [-0.4, -0.2) is 10.9 Å². The molecule has 60 valence electrons. The summed E-state index contributed by atoms with van der Waals surface area (Å²) in [6.07, 6.45) is 2.88. The van der Waals surface area contributed by atoms with Gasteiger partial charge in [0.25, 0.3) is 0 Å². The fraction of sp³-hybridized carbons (Fsp3) is 0.429. The lowest BCUT2D eigenvalue weighted by atomic mass is 10.3. The number of aryl methyl sites for hydroxylation is 2. The number of amides is 1. The van der Waals surface area contributed by atoms with Crippen molar-refractivity contribution in [1.82, 2.24) is 4.98 Å². The molecule has 1 rings (SSSR count). The second-order valence-electron chi connectivity index (χ2n) is 2.33. The third kappa shape index (κ3) is 2.67. The van der Waals surface area contributed by atoms with Crippen molar-refractivity contribution in [1.29, 1.82) is 0 Å². The highest BCUT2D eigenvalue weighted by atomic mass is 32.1. The molecule has 4 heteroatoms. The van der Waals surface area contributed by atoms with E-state index >= 15 is 0 Å². The monoisotopic (exact) mass is 170 g/mol. The number of carbonyl (C=O) groups is 1. The molecule has 0 spiro atoms. The number of aromatic nitrogens is 1. The Hall–Kier alpha value is -0.900. The molecule has 1 amide bonds. The third-order valence-corrected chi connectivity index (χ3v) is 2.23. The Morgan fingerprint density at radius 3 is 3.00 bits per heavy atom. The van der Waals surface area contributed by atoms with Gasteiger partial charge in [-0.2, -0.15) is 0 Å². The molecule has 0 fully saturated rings. The number of primary amides is 1. The van der Waals surface area contributed by atoms with Gasteiger partial charge in [0.15, 0.2) is 0 Å². The van der Waals surface area contributed by atoms with Crippen molar-refractivity contribution in [2.75, 3.05) is 0 Å². The van der Waals surface area contributed by atoms with E-state index in [2.05, 4.69) is 4.98 Å². The molecule has 0 atom stereocenters. The zero-order valence-electron chi connectivity index (χ0n) is 6.33. The summed E-state index contributed by atoms with van der Waals surface area (Å²) in [5, 5.41) is 0.987. The van der Waals surface area contributed by atoms with Crippen LogP contribution in [0.4, 0.5) is 0 Å². The molecule has 0 radical (unpaired) electrons. The molecule has 0 aliphatic heterocycles. The van der Waals surface area contributed by atoms with E-state index in [1.165, 1.54) is 4.88 Å². The van der Waals surface area contributed by atoms with Gasteiger partial charge in [-0.15, -0.1) is 11.3 Å². The van der Waals surface area contributed by atoms with Crippen molar-refractivity contribution in [3.8, 4) is 0 Å². The minimum absolute atomic E-state index is 0.266. The summed E-state index contributed by atoms with van der Waals surface area (Å²) in [6, 6.07) is 0. The molecular formula is C7H10N2OS. The molecular weight excluding hydrogens is 160 g/mol. The number of nitrogens with two attached hydrogens (primary N) is 1. The Morgan fingerprint density at radius 1 is 1.82 bits per heavy atom. The molecule has 1 aromatic rings. The summed E-state index contributed by atoms with van der Waals surface area (Å²) in [7, 11) is 0. The van der Waals surface area contributed by atoms with E-state index in [-0.39, 0.29) is 5.91 Å². The lowest BCUT2D eigenvalue weighted by Crippen LogP contribution is -2.10. The van der Waals surface area contributed by atoms with Gasteiger partial charge >= 0.3 is 0 Å². The molecule has 0 aliphatic carbocycles. The molecule has 0 saturated carbocycles. The summed E-state index contributed by atoms with van der Waals surface area (Å²) < 4.78 is 0. The van der Waals surface area contributed by atoms with Gasteiger partial charge in [0, 0.05) is 23.9 Å². The summed E-state index contributed by atoms with van der Waals surface area (Å²) >= 11 is 1.61. The Bertz CT molecular complexity index is 257. The SMILES string of the molecule is Cc1cnc(CCC(N)=O)s1. The maximum Gasteiger partial charge on any atom is 0.217 e. The average molecular weight is 170 g/mol. The Labute approximate surface area is 69.3 Å². The van der Waals surface area contributed by atoms with Crippen LogP contribution in [0, 0.1) is 6.92 Å². The Kier molecular flexibility index (Phi) is 2.59. The zero-order valence-corrected chi connectivity index (χ0v) is 7.15. The van der Waals surface area contributed by atoms with Gasteiger partial charge in [0.05, 0.1) is 5.01 Å². The van der Waals surface area contributed by atoms with Gasteiger partial charge in [0.2, 0.25) is 5.91 Å². The van der Waals surface area contributed by atoms with Crippen LogP contribution in [0.2, 0.25) is 0 Å². The number of thiazole rings is 1. The molecule has 0 unspecified atom stereocenters. The molecule has 1 heterocycles. The number of carbonyl (C=O) groups excluding carboxylic acids is 1. The van der Waals surface area contributed by atoms with E-state index in [1.807, 2.05) is 6.92 Å². The molecule has 0 aromatic carbocycles. The van der Waals surface area contributed by atoms with E-state index in [0.29, 0.717) is 12.8 Å². The molecule has 0 bridgehead atoms. The lowest BCUT2D eigenvalue weighted by molar-refractivity contribution is -0.117. The molecule has 1 aromatic heterocycles. The quantitative estimate of drug-likeness (QED) is 0.731. The number of nitrogens with zero attached hydrogens (tertiary/aromatic N) is 1. The van der Waals surface area contributed by atoms with Crippen molar-refractivity contribution >= 4 is 17.2 Å². The fourth-order valence-electron chi connectivity index (χ4n) is 0.747. The number of hydrogen-bond acceptors (Lipinski definition) is 3. The predicted molar refractivity (Wildman–Crippen MR) is 44.4 cm³/mol. The molecule has 3 nitrogen and oxygen atoms in total. The summed E-state index contributed by atoms with van der Waals surface area (Å²) in [5.41, 5.74) is 4.99. The first-order valence-corrected chi connectivity index (χ1v) is 4.20. The second kappa shape index (κ2) is 3.48. The lowest BCUT2D eigenvalue weighted by Gasteiger charge is -1.89. The Balaban J connectivity index is 2.45. The van der Waals surface area contributed by atoms with Gasteiger partial charge in [-0.1, -0.05) is 0 Å². The van der Waals surface area contributed by atoms with E-state index in [4.69, 9.17) is 5.73 Å².